The predicted molar refractivity (Wildman–Crippen MR) is 108 cm³/mol. The summed E-state index contributed by atoms with van der Waals surface area (Å²) in [5.74, 6) is -4.22. The van der Waals surface area contributed by atoms with Gasteiger partial charge in [0.15, 0.2) is 0 Å². The lowest BCUT2D eigenvalue weighted by atomic mass is 10.1. The number of rotatable bonds is 8. The molecule has 0 amide bonds. The second-order valence-corrected chi connectivity index (χ2v) is 6.85. The van der Waals surface area contributed by atoms with Crippen molar-refractivity contribution in [2.24, 2.45) is 0 Å². The molecule has 3 N–H and O–H groups in total. The first kappa shape index (κ1) is 22.0. The molecule has 0 spiro atoms. The van der Waals surface area contributed by atoms with E-state index in [2.05, 4.69) is 10.6 Å². The Balaban J connectivity index is 2.18. The molecular weight excluding hydrogens is 415 g/mol. The summed E-state index contributed by atoms with van der Waals surface area (Å²) >= 11 is 0. The number of hydrogen-bond donors (Lipinski definition) is 3. The van der Waals surface area contributed by atoms with Crippen molar-refractivity contribution in [3.05, 3.63) is 69.8 Å². The van der Waals surface area contributed by atoms with Crippen LogP contribution >= 0.6 is 0 Å². The van der Waals surface area contributed by atoms with Gasteiger partial charge in [-0.15, -0.1) is 0 Å². The fourth-order valence-corrected chi connectivity index (χ4v) is 3.09. The molecule has 10 heteroatoms. The monoisotopic (exact) mass is 433 g/mol. The normalized spacial score (nSPS) is 12.0. The number of benzene rings is 2. The summed E-state index contributed by atoms with van der Waals surface area (Å²) in [6.07, 6.45) is 1.60. The van der Waals surface area contributed by atoms with Gasteiger partial charge in [0.05, 0.1) is 23.4 Å². The van der Waals surface area contributed by atoms with Gasteiger partial charge < -0.3 is 25.1 Å². The number of carboxylic acids is 1. The minimum absolute atomic E-state index is 0.0222. The van der Waals surface area contributed by atoms with Crippen molar-refractivity contribution >= 4 is 28.8 Å². The van der Waals surface area contributed by atoms with Gasteiger partial charge in [-0.1, -0.05) is 0 Å². The highest BCUT2D eigenvalue weighted by atomic mass is 19.1. The molecule has 3 rings (SSSR count). The standard InChI is InChI=1S/C21H18F3N3O4/c1-11(25-4-5-28)9-26-17-8-19-13(7-15(17)23)20(29)14(21(30)31)10-27(19)18-3-2-12(22)6-16(18)24/h2-3,5-8,10-11,25-26H,4,9H2,1H3,(H,30,31). The van der Waals surface area contributed by atoms with Crippen LogP contribution in [0.15, 0.2) is 41.3 Å². The van der Waals surface area contributed by atoms with E-state index in [1.54, 1.807) is 6.92 Å². The van der Waals surface area contributed by atoms with Crippen molar-refractivity contribution in [2.75, 3.05) is 18.4 Å². The summed E-state index contributed by atoms with van der Waals surface area (Å²) < 4.78 is 43.5. The van der Waals surface area contributed by atoms with E-state index in [-0.39, 0.29) is 41.4 Å². The number of halogens is 3. The molecule has 162 valence electrons. The van der Waals surface area contributed by atoms with Crippen LogP contribution < -0.4 is 16.1 Å². The van der Waals surface area contributed by atoms with Crippen LogP contribution in [0.1, 0.15) is 17.3 Å². The number of carbonyl (C=O) groups is 2. The maximum atomic E-state index is 14.6. The van der Waals surface area contributed by atoms with Crippen LogP contribution in [-0.4, -0.2) is 41.1 Å². The Morgan fingerprint density at radius 2 is 1.94 bits per heavy atom. The van der Waals surface area contributed by atoms with Gasteiger partial charge in [0, 0.05) is 30.2 Å². The highest BCUT2D eigenvalue weighted by molar-refractivity contribution is 5.94. The molecule has 1 atom stereocenters. The number of aromatic carboxylic acids is 1. The Morgan fingerprint density at radius 3 is 2.58 bits per heavy atom. The first-order valence-corrected chi connectivity index (χ1v) is 9.21. The van der Waals surface area contributed by atoms with Crippen molar-refractivity contribution in [1.29, 1.82) is 0 Å². The van der Waals surface area contributed by atoms with Gasteiger partial charge in [-0.3, -0.25) is 4.79 Å². The fraction of sp³-hybridized carbons (Fsp3) is 0.190. The molecule has 0 radical (unpaired) electrons. The number of aldehydes is 1. The quantitative estimate of drug-likeness (QED) is 0.473. The Labute approximate surface area is 174 Å². The van der Waals surface area contributed by atoms with Gasteiger partial charge in [-0.2, -0.15) is 0 Å². The molecule has 0 bridgehead atoms. The number of carbonyl (C=O) groups excluding carboxylic acids is 1. The highest BCUT2D eigenvalue weighted by Crippen LogP contribution is 2.26. The van der Waals surface area contributed by atoms with E-state index >= 15 is 0 Å². The summed E-state index contributed by atoms with van der Waals surface area (Å²) in [4.78, 5) is 34.5. The van der Waals surface area contributed by atoms with E-state index < -0.39 is 34.4 Å². The number of aromatic nitrogens is 1. The summed E-state index contributed by atoms with van der Waals surface area (Å²) in [6, 6.07) is 4.59. The molecule has 31 heavy (non-hydrogen) atoms. The van der Waals surface area contributed by atoms with Crippen molar-refractivity contribution in [2.45, 2.75) is 13.0 Å². The van der Waals surface area contributed by atoms with Crippen molar-refractivity contribution in [3.8, 4) is 5.69 Å². The number of anilines is 1. The third-order valence-corrected chi connectivity index (χ3v) is 4.64. The topological polar surface area (TPSA) is 100 Å². The number of hydrogen-bond acceptors (Lipinski definition) is 5. The average Bonchev–Trinajstić information content (AvgIpc) is 2.71. The van der Waals surface area contributed by atoms with Crippen LogP contribution in [0.2, 0.25) is 0 Å². The van der Waals surface area contributed by atoms with E-state index in [9.17, 15) is 32.7 Å². The summed E-state index contributed by atoms with van der Waals surface area (Å²) in [5.41, 5.74) is -1.84. The van der Waals surface area contributed by atoms with Crippen LogP contribution in [0.25, 0.3) is 16.6 Å². The summed E-state index contributed by atoms with van der Waals surface area (Å²) in [6.45, 7) is 2.10. The molecule has 3 aromatic rings. The lowest BCUT2D eigenvalue weighted by molar-refractivity contribution is -0.107. The van der Waals surface area contributed by atoms with Gasteiger partial charge in [0.2, 0.25) is 5.43 Å². The van der Waals surface area contributed by atoms with E-state index in [0.717, 1.165) is 29.0 Å². The van der Waals surface area contributed by atoms with Gasteiger partial charge in [0.25, 0.3) is 0 Å². The average molecular weight is 433 g/mol. The highest BCUT2D eigenvalue weighted by Gasteiger charge is 2.19. The van der Waals surface area contributed by atoms with Crippen molar-refractivity contribution in [3.63, 3.8) is 0 Å². The molecule has 7 nitrogen and oxygen atoms in total. The second kappa shape index (κ2) is 9.00. The number of pyridine rings is 1. The van der Waals surface area contributed by atoms with Crippen molar-refractivity contribution in [1.82, 2.24) is 9.88 Å². The zero-order valence-electron chi connectivity index (χ0n) is 16.3. The third kappa shape index (κ3) is 4.58. The summed E-state index contributed by atoms with van der Waals surface area (Å²) in [5, 5.41) is 14.8. The minimum atomic E-state index is -1.57. The number of fused-ring (bicyclic) bond motifs is 1. The molecule has 0 fully saturated rings. The van der Waals surface area contributed by atoms with Crippen LogP contribution in [0.4, 0.5) is 18.9 Å². The Hall–Kier alpha value is -3.66. The molecule has 1 heterocycles. The van der Waals surface area contributed by atoms with E-state index in [4.69, 9.17) is 0 Å². The molecule has 1 unspecified atom stereocenters. The molecule has 1 aromatic heterocycles. The second-order valence-electron chi connectivity index (χ2n) is 6.85. The maximum Gasteiger partial charge on any atom is 0.341 e. The zero-order valence-corrected chi connectivity index (χ0v) is 16.3. The van der Waals surface area contributed by atoms with Crippen LogP contribution in [0, 0.1) is 17.5 Å². The minimum Gasteiger partial charge on any atom is -0.477 e. The van der Waals surface area contributed by atoms with Gasteiger partial charge >= 0.3 is 5.97 Å². The fourth-order valence-electron chi connectivity index (χ4n) is 3.09. The van der Waals surface area contributed by atoms with Crippen LogP contribution in [0.3, 0.4) is 0 Å². The first-order valence-electron chi connectivity index (χ1n) is 9.21. The SMILES string of the molecule is CC(CNc1cc2c(cc1F)c(=O)c(C(=O)O)cn2-c1ccc(F)cc1F)NCC=O. The zero-order chi connectivity index (χ0) is 22.7. The number of nitrogens with one attached hydrogen (secondary N) is 2. The Bertz CT molecular complexity index is 1230. The number of nitrogens with zero attached hydrogens (tertiary/aromatic N) is 1. The Morgan fingerprint density at radius 1 is 1.19 bits per heavy atom. The molecular formula is C21H18F3N3O4. The third-order valence-electron chi connectivity index (χ3n) is 4.64. The lowest BCUT2D eigenvalue weighted by Crippen LogP contribution is -2.34. The van der Waals surface area contributed by atoms with E-state index in [1.807, 2.05) is 0 Å². The van der Waals surface area contributed by atoms with E-state index in [0.29, 0.717) is 12.4 Å². The van der Waals surface area contributed by atoms with Crippen LogP contribution in [-0.2, 0) is 4.79 Å². The largest absolute Gasteiger partial charge is 0.477 e. The van der Waals surface area contributed by atoms with Crippen LogP contribution in [0.5, 0.6) is 0 Å². The lowest BCUT2D eigenvalue weighted by Gasteiger charge is -2.17. The van der Waals surface area contributed by atoms with Crippen molar-refractivity contribution < 1.29 is 27.9 Å². The molecule has 0 saturated carbocycles. The predicted octanol–water partition coefficient (Wildman–Crippen LogP) is 2.70. The van der Waals surface area contributed by atoms with E-state index in [1.165, 1.54) is 6.07 Å². The first-order chi connectivity index (χ1) is 14.7. The molecule has 0 aliphatic carbocycles. The van der Waals surface area contributed by atoms with Gasteiger partial charge in [0.1, 0.15) is 29.3 Å². The summed E-state index contributed by atoms with van der Waals surface area (Å²) in [7, 11) is 0. The molecule has 0 aliphatic heterocycles. The molecule has 0 saturated heterocycles. The Kier molecular flexibility index (Phi) is 6.40. The smallest absolute Gasteiger partial charge is 0.341 e. The molecule has 2 aromatic carbocycles. The number of carboxylic acid groups (broad SMARTS) is 1. The molecule has 0 aliphatic rings. The maximum absolute atomic E-state index is 14.6. The van der Waals surface area contributed by atoms with Gasteiger partial charge in [-0.25, -0.2) is 18.0 Å². The van der Waals surface area contributed by atoms with Gasteiger partial charge in [-0.05, 0) is 31.2 Å².